The van der Waals surface area contributed by atoms with Crippen LogP contribution in [0.5, 0.6) is 0 Å². The number of benzene rings is 1. The van der Waals surface area contributed by atoms with E-state index in [0.717, 1.165) is 19.4 Å². The van der Waals surface area contributed by atoms with Gasteiger partial charge < -0.3 is 10.6 Å². The molecule has 1 saturated heterocycles. The predicted molar refractivity (Wildman–Crippen MR) is 89.8 cm³/mol. The highest BCUT2D eigenvalue weighted by atomic mass is 16.2. The molecule has 1 aromatic rings. The molecule has 0 spiro atoms. The Kier molecular flexibility index (Phi) is 4.99. The monoisotopic (exact) mass is 314 g/mol. The highest BCUT2D eigenvalue weighted by Gasteiger charge is 2.35. The number of amides is 2. The summed E-state index contributed by atoms with van der Waals surface area (Å²) in [5, 5.41) is 5.94. The number of rotatable bonds is 5. The molecule has 2 aliphatic rings. The lowest BCUT2D eigenvalue weighted by atomic mass is 9.79. The van der Waals surface area contributed by atoms with Crippen molar-refractivity contribution in [1.82, 2.24) is 10.6 Å². The molecule has 1 atom stereocenters. The van der Waals surface area contributed by atoms with Crippen LogP contribution >= 0.6 is 0 Å². The van der Waals surface area contributed by atoms with Gasteiger partial charge in [0.1, 0.15) is 0 Å². The topological polar surface area (TPSA) is 58.2 Å². The minimum Gasteiger partial charge on any atom is -0.356 e. The molecule has 0 aromatic heterocycles. The molecule has 1 aliphatic carbocycles. The molecule has 2 amide bonds. The van der Waals surface area contributed by atoms with E-state index in [9.17, 15) is 9.59 Å². The average molecular weight is 314 g/mol. The third kappa shape index (κ3) is 4.12. The first-order chi connectivity index (χ1) is 11.2. The molecular weight excluding hydrogens is 288 g/mol. The highest BCUT2D eigenvalue weighted by molar-refractivity contribution is 5.86. The van der Waals surface area contributed by atoms with Crippen molar-refractivity contribution in [3.8, 4) is 0 Å². The van der Waals surface area contributed by atoms with Crippen molar-refractivity contribution in [1.29, 1.82) is 0 Å². The van der Waals surface area contributed by atoms with E-state index in [2.05, 4.69) is 34.9 Å². The van der Waals surface area contributed by atoms with Gasteiger partial charge in [0.25, 0.3) is 0 Å². The van der Waals surface area contributed by atoms with Crippen LogP contribution in [-0.4, -0.2) is 24.9 Å². The molecule has 1 heterocycles. The molecule has 4 nitrogen and oxygen atoms in total. The Labute approximate surface area is 138 Å². The predicted octanol–water partition coefficient (Wildman–Crippen LogP) is 2.43. The lowest BCUT2D eigenvalue weighted by molar-refractivity contribution is -0.132. The van der Waals surface area contributed by atoms with Gasteiger partial charge in [-0.05, 0) is 36.7 Å². The molecule has 124 valence electrons. The van der Waals surface area contributed by atoms with Crippen molar-refractivity contribution in [3.05, 3.63) is 35.9 Å². The van der Waals surface area contributed by atoms with Gasteiger partial charge in [-0.1, -0.05) is 43.2 Å². The van der Waals surface area contributed by atoms with E-state index < -0.39 is 0 Å². The fraction of sp³-hybridized carbons (Fsp3) is 0.579. The van der Waals surface area contributed by atoms with Crippen LogP contribution < -0.4 is 10.6 Å². The maximum Gasteiger partial charge on any atom is 0.223 e. The summed E-state index contributed by atoms with van der Waals surface area (Å²) in [6.07, 6.45) is 6.95. The van der Waals surface area contributed by atoms with Crippen molar-refractivity contribution in [3.63, 3.8) is 0 Å². The fourth-order valence-corrected chi connectivity index (χ4v) is 4.00. The third-order valence-corrected chi connectivity index (χ3v) is 5.34. The number of hydrogen-bond acceptors (Lipinski definition) is 2. The summed E-state index contributed by atoms with van der Waals surface area (Å²) in [5.41, 5.74) is 1.54. The number of nitrogens with one attached hydrogen (secondary N) is 2. The molecule has 4 heteroatoms. The maximum atomic E-state index is 12.4. The van der Waals surface area contributed by atoms with E-state index >= 15 is 0 Å². The minimum absolute atomic E-state index is 0.00346. The normalized spacial score (nSPS) is 23.3. The van der Waals surface area contributed by atoms with E-state index in [1.165, 1.54) is 31.2 Å². The Bertz CT molecular complexity index is 550. The molecule has 23 heavy (non-hydrogen) atoms. The lowest BCUT2D eigenvalue weighted by Crippen LogP contribution is -2.44. The zero-order valence-corrected chi connectivity index (χ0v) is 13.6. The van der Waals surface area contributed by atoms with Crippen molar-refractivity contribution < 1.29 is 9.59 Å². The Balaban J connectivity index is 1.59. The quantitative estimate of drug-likeness (QED) is 0.877. The first-order valence-electron chi connectivity index (χ1n) is 8.75. The van der Waals surface area contributed by atoms with Gasteiger partial charge in [0.05, 0.1) is 0 Å². The molecule has 0 bridgehead atoms. The molecule has 1 unspecified atom stereocenters. The zero-order chi connectivity index (χ0) is 16.1. The molecule has 2 N–H and O–H groups in total. The van der Waals surface area contributed by atoms with Gasteiger partial charge in [-0.15, -0.1) is 0 Å². The third-order valence-electron chi connectivity index (χ3n) is 5.34. The Morgan fingerprint density at radius 3 is 2.65 bits per heavy atom. The van der Waals surface area contributed by atoms with Gasteiger partial charge in [-0.3, -0.25) is 9.59 Å². The van der Waals surface area contributed by atoms with E-state index in [4.69, 9.17) is 0 Å². The van der Waals surface area contributed by atoms with E-state index in [1.807, 2.05) is 6.07 Å². The second kappa shape index (κ2) is 7.16. The van der Waals surface area contributed by atoms with Crippen LogP contribution in [0.4, 0.5) is 0 Å². The SMILES string of the molecule is O=C1CC(C(=O)NCC2(Cc3ccccc3)CCCC2)CCN1. The zero-order valence-electron chi connectivity index (χ0n) is 13.6. The molecule has 3 rings (SSSR count). The van der Waals surface area contributed by atoms with Crippen LogP contribution in [0.3, 0.4) is 0 Å². The molecule has 2 fully saturated rings. The summed E-state index contributed by atoms with van der Waals surface area (Å²) in [6.45, 7) is 1.35. The summed E-state index contributed by atoms with van der Waals surface area (Å²) in [5.74, 6) is -0.102. The minimum atomic E-state index is -0.154. The van der Waals surface area contributed by atoms with Crippen molar-refractivity contribution in [2.45, 2.75) is 44.9 Å². The van der Waals surface area contributed by atoms with Crippen LogP contribution in [0, 0.1) is 11.3 Å². The summed E-state index contributed by atoms with van der Waals surface area (Å²) < 4.78 is 0. The largest absolute Gasteiger partial charge is 0.356 e. The summed E-state index contributed by atoms with van der Waals surface area (Å²) in [7, 11) is 0. The number of carbonyl (C=O) groups excluding carboxylic acids is 2. The number of carbonyl (C=O) groups is 2. The Hall–Kier alpha value is -1.84. The van der Waals surface area contributed by atoms with Gasteiger partial charge >= 0.3 is 0 Å². The molecule has 1 aromatic carbocycles. The summed E-state index contributed by atoms with van der Waals surface area (Å²) >= 11 is 0. The van der Waals surface area contributed by atoms with Crippen molar-refractivity contribution >= 4 is 11.8 Å². The number of piperidine rings is 1. The number of hydrogen-bond donors (Lipinski definition) is 2. The molecule has 1 saturated carbocycles. The first-order valence-corrected chi connectivity index (χ1v) is 8.75. The van der Waals surface area contributed by atoms with E-state index in [-0.39, 0.29) is 23.1 Å². The average Bonchev–Trinajstić information content (AvgIpc) is 3.02. The van der Waals surface area contributed by atoms with Crippen molar-refractivity contribution in [2.75, 3.05) is 13.1 Å². The van der Waals surface area contributed by atoms with Gasteiger partial charge in [-0.2, -0.15) is 0 Å². The van der Waals surface area contributed by atoms with E-state index in [0.29, 0.717) is 13.0 Å². The highest BCUT2D eigenvalue weighted by Crippen LogP contribution is 2.40. The van der Waals surface area contributed by atoms with Crippen LogP contribution in [0.2, 0.25) is 0 Å². The van der Waals surface area contributed by atoms with Crippen LogP contribution in [-0.2, 0) is 16.0 Å². The fourth-order valence-electron chi connectivity index (χ4n) is 4.00. The van der Waals surface area contributed by atoms with Gasteiger partial charge in [0.2, 0.25) is 11.8 Å². The standard InChI is InChI=1S/C19H26N2O2/c22-17-12-16(8-11-20-17)18(23)21-14-19(9-4-5-10-19)13-15-6-2-1-3-7-15/h1-3,6-7,16H,4-5,8-14H2,(H,20,22)(H,21,23). The smallest absolute Gasteiger partial charge is 0.223 e. The van der Waals surface area contributed by atoms with Gasteiger partial charge in [-0.25, -0.2) is 0 Å². The Morgan fingerprint density at radius 1 is 1.22 bits per heavy atom. The first kappa shape index (κ1) is 16.0. The van der Waals surface area contributed by atoms with Crippen LogP contribution in [0.15, 0.2) is 30.3 Å². The Morgan fingerprint density at radius 2 is 1.96 bits per heavy atom. The van der Waals surface area contributed by atoms with Crippen molar-refractivity contribution in [2.24, 2.45) is 11.3 Å². The van der Waals surface area contributed by atoms with Gasteiger partial charge in [0.15, 0.2) is 0 Å². The van der Waals surface area contributed by atoms with Crippen LogP contribution in [0.25, 0.3) is 0 Å². The van der Waals surface area contributed by atoms with Gasteiger partial charge in [0, 0.05) is 25.4 Å². The second-order valence-electron chi connectivity index (χ2n) is 7.13. The molecule has 0 radical (unpaired) electrons. The maximum absolute atomic E-state index is 12.4. The van der Waals surface area contributed by atoms with E-state index in [1.54, 1.807) is 0 Å². The molecular formula is C19H26N2O2. The second-order valence-corrected chi connectivity index (χ2v) is 7.13. The molecule has 1 aliphatic heterocycles. The summed E-state index contributed by atoms with van der Waals surface area (Å²) in [4.78, 5) is 23.9. The lowest BCUT2D eigenvalue weighted by Gasteiger charge is -2.31. The van der Waals surface area contributed by atoms with Crippen LogP contribution in [0.1, 0.15) is 44.1 Å². The summed E-state index contributed by atoms with van der Waals surface area (Å²) in [6, 6.07) is 10.6.